The van der Waals surface area contributed by atoms with Crippen LogP contribution in [0.4, 0.5) is 0 Å². The summed E-state index contributed by atoms with van der Waals surface area (Å²) in [5.74, 6) is 0.129. The Morgan fingerprint density at radius 3 is 2.41 bits per heavy atom. The molecule has 148 valence electrons. The lowest BCUT2D eigenvalue weighted by Gasteiger charge is -2.39. The molecule has 1 heterocycles. The maximum Gasteiger partial charge on any atom is 0.223 e. The van der Waals surface area contributed by atoms with Crippen LogP contribution in [0.25, 0.3) is 0 Å². The van der Waals surface area contributed by atoms with Gasteiger partial charge in [0, 0.05) is 38.5 Å². The van der Waals surface area contributed by atoms with Crippen LogP contribution in [0.2, 0.25) is 0 Å². The van der Waals surface area contributed by atoms with Gasteiger partial charge in [-0.05, 0) is 25.5 Å². The lowest BCUT2D eigenvalue weighted by molar-refractivity contribution is -0.136. The molecular formula is C22H33N3O2. The molecule has 1 N–H and O–H groups in total. The smallest absolute Gasteiger partial charge is 0.223 e. The molecule has 0 radical (unpaired) electrons. The van der Waals surface area contributed by atoms with Gasteiger partial charge >= 0.3 is 0 Å². The highest BCUT2D eigenvalue weighted by Gasteiger charge is 2.28. The molecule has 1 saturated heterocycles. The van der Waals surface area contributed by atoms with E-state index in [0.29, 0.717) is 25.4 Å². The SMILES string of the molecule is CN1CCN(C(=O)CCC(=O)NC2CCCCCC2)CC1c1ccccc1. The molecule has 1 aromatic rings. The second-order valence-corrected chi connectivity index (χ2v) is 8.00. The molecule has 2 aliphatic rings. The van der Waals surface area contributed by atoms with Gasteiger partial charge in [0.15, 0.2) is 0 Å². The Morgan fingerprint density at radius 1 is 1.00 bits per heavy atom. The number of nitrogens with one attached hydrogen (secondary N) is 1. The number of carbonyl (C=O) groups excluding carboxylic acids is 2. The second-order valence-electron chi connectivity index (χ2n) is 8.00. The summed E-state index contributed by atoms with van der Waals surface area (Å²) in [5, 5.41) is 3.14. The van der Waals surface area contributed by atoms with Crippen molar-refractivity contribution >= 4 is 11.8 Å². The van der Waals surface area contributed by atoms with Crippen molar-refractivity contribution in [3.8, 4) is 0 Å². The highest BCUT2D eigenvalue weighted by Crippen LogP contribution is 2.24. The predicted octanol–water partition coefficient (Wildman–Crippen LogP) is 3.12. The van der Waals surface area contributed by atoms with Crippen LogP contribution in [0, 0.1) is 0 Å². The van der Waals surface area contributed by atoms with Crippen LogP contribution in [0.5, 0.6) is 0 Å². The fourth-order valence-electron chi connectivity index (χ4n) is 4.24. The van der Waals surface area contributed by atoms with Crippen LogP contribution in [-0.4, -0.2) is 54.3 Å². The summed E-state index contributed by atoms with van der Waals surface area (Å²) in [4.78, 5) is 29.1. The molecule has 0 spiro atoms. The summed E-state index contributed by atoms with van der Waals surface area (Å²) in [6, 6.07) is 10.9. The number of carbonyl (C=O) groups is 2. The highest BCUT2D eigenvalue weighted by molar-refractivity contribution is 5.84. The first-order valence-electron chi connectivity index (χ1n) is 10.5. The van der Waals surface area contributed by atoms with Crippen LogP contribution in [0.15, 0.2) is 30.3 Å². The zero-order valence-electron chi connectivity index (χ0n) is 16.5. The highest BCUT2D eigenvalue weighted by atomic mass is 16.2. The van der Waals surface area contributed by atoms with Gasteiger partial charge in [0.25, 0.3) is 0 Å². The summed E-state index contributed by atoms with van der Waals surface area (Å²) in [7, 11) is 2.11. The van der Waals surface area contributed by atoms with E-state index in [0.717, 1.165) is 25.9 Å². The molecule has 1 aromatic carbocycles. The number of piperazine rings is 1. The summed E-state index contributed by atoms with van der Waals surface area (Å²) in [6.45, 7) is 2.30. The van der Waals surface area contributed by atoms with Crippen molar-refractivity contribution in [1.29, 1.82) is 0 Å². The van der Waals surface area contributed by atoms with E-state index >= 15 is 0 Å². The lowest BCUT2D eigenvalue weighted by atomic mass is 10.0. The first-order chi connectivity index (χ1) is 13.1. The van der Waals surface area contributed by atoms with Crippen molar-refractivity contribution in [2.75, 3.05) is 26.7 Å². The van der Waals surface area contributed by atoms with Crippen LogP contribution >= 0.6 is 0 Å². The summed E-state index contributed by atoms with van der Waals surface area (Å²) < 4.78 is 0. The molecule has 0 aromatic heterocycles. The molecule has 0 bridgehead atoms. The Hall–Kier alpha value is -1.88. The van der Waals surface area contributed by atoms with E-state index in [2.05, 4.69) is 29.4 Å². The third kappa shape index (κ3) is 5.80. The average molecular weight is 372 g/mol. The zero-order valence-corrected chi connectivity index (χ0v) is 16.5. The third-order valence-electron chi connectivity index (χ3n) is 5.97. The van der Waals surface area contributed by atoms with E-state index < -0.39 is 0 Å². The number of hydrogen-bond acceptors (Lipinski definition) is 3. The Labute approximate surface area is 163 Å². The summed E-state index contributed by atoms with van der Waals surface area (Å²) >= 11 is 0. The normalized spacial score (nSPS) is 22.3. The molecule has 5 heteroatoms. The van der Waals surface area contributed by atoms with Crippen molar-refractivity contribution in [1.82, 2.24) is 15.1 Å². The summed E-state index contributed by atoms with van der Waals surface area (Å²) in [5.41, 5.74) is 1.24. The number of hydrogen-bond donors (Lipinski definition) is 1. The minimum atomic E-state index is 0.0315. The quantitative estimate of drug-likeness (QED) is 0.809. The van der Waals surface area contributed by atoms with Crippen molar-refractivity contribution in [2.24, 2.45) is 0 Å². The molecular weight excluding hydrogens is 338 g/mol. The zero-order chi connectivity index (χ0) is 19.1. The van der Waals surface area contributed by atoms with Gasteiger partial charge in [0.05, 0.1) is 6.04 Å². The number of rotatable bonds is 5. The van der Waals surface area contributed by atoms with E-state index in [-0.39, 0.29) is 17.9 Å². The Morgan fingerprint density at radius 2 is 1.70 bits per heavy atom. The first kappa shape index (κ1) is 19.9. The van der Waals surface area contributed by atoms with Crippen molar-refractivity contribution in [3.05, 3.63) is 35.9 Å². The first-order valence-corrected chi connectivity index (χ1v) is 10.5. The Kier molecular flexibility index (Phi) is 7.27. The van der Waals surface area contributed by atoms with Gasteiger partial charge in [-0.2, -0.15) is 0 Å². The van der Waals surface area contributed by atoms with Gasteiger partial charge in [0.1, 0.15) is 0 Å². The maximum absolute atomic E-state index is 12.7. The second kappa shape index (κ2) is 9.88. The van der Waals surface area contributed by atoms with Gasteiger partial charge in [-0.1, -0.05) is 56.0 Å². The third-order valence-corrected chi connectivity index (χ3v) is 5.97. The number of benzene rings is 1. The largest absolute Gasteiger partial charge is 0.353 e. The standard InChI is InChI=1S/C22H33N3O2/c1-24-15-16-25(17-20(24)18-9-5-4-6-10-18)22(27)14-13-21(26)23-19-11-7-2-3-8-12-19/h4-6,9-10,19-20H,2-3,7-8,11-17H2,1H3,(H,23,26). The van der Waals surface area contributed by atoms with Gasteiger partial charge in [-0.25, -0.2) is 0 Å². The molecule has 3 rings (SSSR count). The molecule has 1 aliphatic carbocycles. The molecule has 1 atom stereocenters. The number of nitrogens with zero attached hydrogens (tertiary/aromatic N) is 2. The Bertz CT molecular complexity index is 611. The van der Waals surface area contributed by atoms with Crippen molar-refractivity contribution in [3.63, 3.8) is 0 Å². The Balaban J connectivity index is 1.46. The monoisotopic (exact) mass is 371 g/mol. The van der Waals surface area contributed by atoms with Crippen molar-refractivity contribution < 1.29 is 9.59 Å². The van der Waals surface area contributed by atoms with E-state index in [9.17, 15) is 9.59 Å². The topological polar surface area (TPSA) is 52.7 Å². The molecule has 1 aliphatic heterocycles. The average Bonchev–Trinajstić information content (AvgIpc) is 2.96. The van der Waals surface area contributed by atoms with Crippen LogP contribution in [-0.2, 0) is 9.59 Å². The fraction of sp³-hybridized carbons (Fsp3) is 0.636. The maximum atomic E-state index is 12.7. The minimum Gasteiger partial charge on any atom is -0.353 e. The van der Waals surface area contributed by atoms with Crippen LogP contribution in [0.1, 0.15) is 63.0 Å². The molecule has 2 amide bonds. The van der Waals surface area contributed by atoms with E-state index in [1.807, 2.05) is 23.1 Å². The molecule has 5 nitrogen and oxygen atoms in total. The van der Waals surface area contributed by atoms with Gasteiger partial charge in [-0.15, -0.1) is 0 Å². The minimum absolute atomic E-state index is 0.0315. The van der Waals surface area contributed by atoms with E-state index in [1.54, 1.807) is 0 Å². The number of amides is 2. The van der Waals surface area contributed by atoms with Crippen LogP contribution in [0.3, 0.4) is 0 Å². The molecule has 1 unspecified atom stereocenters. The molecule has 2 fully saturated rings. The van der Waals surface area contributed by atoms with E-state index in [4.69, 9.17) is 0 Å². The lowest BCUT2D eigenvalue weighted by Crippen LogP contribution is -2.49. The fourth-order valence-corrected chi connectivity index (χ4v) is 4.24. The van der Waals surface area contributed by atoms with Gasteiger partial charge in [0.2, 0.25) is 11.8 Å². The summed E-state index contributed by atoms with van der Waals surface area (Å²) in [6.07, 6.45) is 7.72. The molecule has 1 saturated carbocycles. The predicted molar refractivity (Wildman–Crippen MR) is 107 cm³/mol. The van der Waals surface area contributed by atoms with Gasteiger partial charge < -0.3 is 10.2 Å². The van der Waals surface area contributed by atoms with Crippen LogP contribution < -0.4 is 5.32 Å². The van der Waals surface area contributed by atoms with Gasteiger partial charge in [-0.3, -0.25) is 14.5 Å². The molecule has 27 heavy (non-hydrogen) atoms. The number of likely N-dealkylation sites (N-methyl/N-ethyl adjacent to an activating group) is 1. The van der Waals surface area contributed by atoms with E-state index in [1.165, 1.54) is 31.2 Å². The van der Waals surface area contributed by atoms with Crippen molar-refractivity contribution in [2.45, 2.75) is 63.5 Å².